The lowest BCUT2D eigenvalue weighted by Gasteiger charge is -2.30. The first-order chi connectivity index (χ1) is 12.2. The second-order valence-corrected chi connectivity index (χ2v) is 6.09. The second-order valence-electron chi connectivity index (χ2n) is 6.09. The quantitative estimate of drug-likeness (QED) is 0.722. The van der Waals surface area contributed by atoms with Crippen LogP contribution in [0.4, 0.5) is 0 Å². The largest absolute Gasteiger partial charge is 0.355 e. The fraction of sp³-hybridized carbons (Fsp3) is 0.353. The molecule has 0 aromatic carbocycles. The number of aromatic nitrogens is 4. The van der Waals surface area contributed by atoms with Crippen LogP contribution in [0, 0.1) is 6.92 Å². The van der Waals surface area contributed by atoms with Crippen LogP contribution in [0.2, 0.25) is 0 Å². The fourth-order valence-corrected chi connectivity index (χ4v) is 3.02. The summed E-state index contributed by atoms with van der Waals surface area (Å²) in [6.45, 7) is 3.00. The Kier molecular flexibility index (Phi) is 4.01. The number of piperidine rings is 1. The molecule has 1 amide bonds. The number of hydrogen-bond donors (Lipinski definition) is 0. The van der Waals surface area contributed by atoms with E-state index in [0.29, 0.717) is 36.3 Å². The van der Waals surface area contributed by atoms with Gasteiger partial charge in [-0.1, -0.05) is 10.3 Å². The van der Waals surface area contributed by atoms with Crippen molar-refractivity contribution in [3.05, 3.63) is 48.0 Å². The van der Waals surface area contributed by atoms with Gasteiger partial charge in [-0.25, -0.2) is 0 Å². The zero-order valence-corrected chi connectivity index (χ0v) is 13.8. The molecule has 4 rings (SSSR count). The van der Waals surface area contributed by atoms with Crippen molar-refractivity contribution in [2.45, 2.75) is 25.7 Å². The molecule has 0 aliphatic carbocycles. The van der Waals surface area contributed by atoms with Gasteiger partial charge in [-0.05, 0) is 31.9 Å². The second kappa shape index (κ2) is 6.46. The molecule has 1 unspecified atom stereocenters. The highest BCUT2D eigenvalue weighted by molar-refractivity contribution is 5.93. The van der Waals surface area contributed by atoms with Crippen molar-refractivity contribution >= 4 is 5.91 Å². The molecule has 128 valence electrons. The van der Waals surface area contributed by atoms with Gasteiger partial charge in [-0.3, -0.25) is 9.78 Å². The molecule has 1 atom stereocenters. The molecule has 1 fully saturated rings. The van der Waals surface area contributed by atoms with Gasteiger partial charge in [0.05, 0.1) is 5.92 Å². The smallest absolute Gasteiger partial charge is 0.276 e. The van der Waals surface area contributed by atoms with Crippen molar-refractivity contribution < 1.29 is 13.8 Å². The highest BCUT2D eigenvalue weighted by Crippen LogP contribution is 2.27. The summed E-state index contributed by atoms with van der Waals surface area (Å²) in [4.78, 5) is 22.8. The summed E-state index contributed by atoms with van der Waals surface area (Å²) in [5, 5.41) is 7.76. The predicted octanol–water partition coefficient (Wildman–Crippen LogP) is 2.45. The number of nitrogens with zero attached hydrogens (tertiary/aromatic N) is 5. The van der Waals surface area contributed by atoms with Gasteiger partial charge in [0.2, 0.25) is 5.89 Å². The SMILES string of the molecule is Cc1noc(C2CCCN(C(=O)c3cc(-c4cccnc4)on3)C2)n1. The Morgan fingerprint density at radius 1 is 1.32 bits per heavy atom. The minimum atomic E-state index is -0.153. The van der Waals surface area contributed by atoms with Crippen molar-refractivity contribution in [2.75, 3.05) is 13.1 Å². The maximum Gasteiger partial charge on any atom is 0.276 e. The van der Waals surface area contributed by atoms with E-state index in [-0.39, 0.29) is 11.8 Å². The molecular formula is C17H17N5O3. The van der Waals surface area contributed by atoms with Gasteiger partial charge in [0.1, 0.15) is 0 Å². The summed E-state index contributed by atoms with van der Waals surface area (Å²) in [6, 6.07) is 5.32. The van der Waals surface area contributed by atoms with Crippen molar-refractivity contribution in [1.29, 1.82) is 0 Å². The number of carbonyl (C=O) groups excluding carboxylic acids is 1. The van der Waals surface area contributed by atoms with E-state index in [9.17, 15) is 4.79 Å². The van der Waals surface area contributed by atoms with Crippen LogP contribution in [0.3, 0.4) is 0 Å². The maximum atomic E-state index is 12.7. The summed E-state index contributed by atoms with van der Waals surface area (Å²) >= 11 is 0. The monoisotopic (exact) mass is 339 g/mol. The molecule has 0 bridgehead atoms. The highest BCUT2D eigenvalue weighted by Gasteiger charge is 2.30. The zero-order valence-electron chi connectivity index (χ0n) is 13.8. The minimum absolute atomic E-state index is 0.0589. The van der Waals surface area contributed by atoms with E-state index in [4.69, 9.17) is 9.05 Å². The van der Waals surface area contributed by atoms with Crippen LogP contribution >= 0.6 is 0 Å². The Morgan fingerprint density at radius 3 is 3.00 bits per heavy atom. The van der Waals surface area contributed by atoms with Crippen LogP contribution in [0.5, 0.6) is 0 Å². The van der Waals surface area contributed by atoms with Gasteiger partial charge in [0, 0.05) is 37.1 Å². The third-order valence-corrected chi connectivity index (χ3v) is 4.28. The van der Waals surface area contributed by atoms with E-state index in [1.54, 1.807) is 36.4 Å². The summed E-state index contributed by atoms with van der Waals surface area (Å²) in [6.07, 6.45) is 5.15. The van der Waals surface area contributed by atoms with Gasteiger partial charge < -0.3 is 13.9 Å². The number of likely N-dealkylation sites (tertiary alicyclic amines) is 1. The maximum absolute atomic E-state index is 12.7. The van der Waals surface area contributed by atoms with E-state index in [0.717, 1.165) is 18.4 Å². The lowest BCUT2D eigenvalue weighted by Crippen LogP contribution is -2.39. The summed E-state index contributed by atoms with van der Waals surface area (Å²) in [5.74, 6) is 1.63. The normalized spacial score (nSPS) is 17.6. The molecule has 1 aliphatic heterocycles. The Morgan fingerprint density at radius 2 is 2.24 bits per heavy atom. The van der Waals surface area contributed by atoms with Crippen LogP contribution in [-0.4, -0.2) is 44.2 Å². The van der Waals surface area contributed by atoms with Crippen LogP contribution in [0.25, 0.3) is 11.3 Å². The molecular weight excluding hydrogens is 322 g/mol. The van der Waals surface area contributed by atoms with Crippen molar-refractivity contribution in [3.8, 4) is 11.3 Å². The molecule has 1 saturated heterocycles. The molecule has 25 heavy (non-hydrogen) atoms. The first-order valence-electron chi connectivity index (χ1n) is 8.17. The van der Waals surface area contributed by atoms with Gasteiger partial charge in [-0.15, -0.1) is 0 Å². The van der Waals surface area contributed by atoms with Crippen LogP contribution in [-0.2, 0) is 0 Å². The standard InChI is InChI=1S/C17H17N5O3/c1-11-19-16(25-20-11)13-5-3-7-22(10-13)17(23)14-8-15(24-21-14)12-4-2-6-18-9-12/h2,4,6,8-9,13H,3,5,7,10H2,1H3. The molecule has 0 N–H and O–H groups in total. The van der Waals surface area contributed by atoms with Crippen LogP contribution < -0.4 is 0 Å². The summed E-state index contributed by atoms with van der Waals surface area (Å²) in [7, 11) is 0. The van der Waals surface area contributed by atoms with E-state index in [2.05, 4.69) is 20.3 Å². The number of pyridine rings is 1. The number of amides is 1. The van der Waals surface area contributed by atoms with E-state index in [1.165, 1.54) is 0 Å². The summed E-state index contributed by atoms with van der Waals surface area (Å²) in [5.41, 5.74) is 1.08. The van der Waals surface area contributed by atoms with E-state index < -0.39 is 0 Å². The predicted molar refractivity (Wildman–Crippen MR) is 86.6 cm³/mol. The third-order valence-electron chi connectivity index (χ3n) is 4.28. The van der Waals surface area contributed by atoms with Gasteiger partial charge >= 0.3 is 0 Å². The molecule has 1 aliphatic rings. The van der Waals surface area contributed by atoms with Crippen LogP contribution in [0.15, 0.2) is 39.6 Å². The average molecular weight is 339 g/mol. The van der Waals surface area contributed by atoms with Crippen LogP contribution in [0.1, 0.15) is 41.0 Å². The number of aryl methyl sites for hydroxylation is 1. The zero-order chi connectivity index (χ0) is 17.2. The van der Waals surface area contributed by atoms with Gasteiger partial charge in [-0.2, -0.15) is 4.98 Å². The minimum Gasteiger partial charge on any atom is -0.355 e. The van der Waals surface area contributed by atoms with E-state index >= 15 is 0 Å². The Bertz CT molecular complexity index is 873. The number of hydrogen-bond acceptors (Lipinski definition) is 7. The van der Waals surface area contributed by atoms with Crippen molar-refractivity contribution in [2.24, 2.45) is 0 Å². The first-order valence-corrected chi connectivity index (χ1v) is 8.17. The highest BCUT2D eigenvalue weighted by atomic mass is 16.5. The fourth-order valence-electron chi connectivity index (χ4n) is 3.02. The number of carbonyl (C=O) groups is 1. The Hall–Kier alpha value is -3.03. The molecule has 8 nitrogen and oxygen atoms in total. The lowest BCUT2D eigenvalue weighted by atomic mass is 9.97. The molecule has 3 aromatic rings. The summed E-state index contributed by atoms with van der Waals surface area (Å²) < 4.78 is 10.6. The lowest BCUT2D eigenvalue weighted by molar-refractivity contribution is 0.0685. The molecule has 8 heteroatoms. The number of rotatable bonds is 3. The molecule has 4 heterocycles. The Labute approximate surface area is 143 Å². The molecule has 3 aromatic heterocycles. The molecule has 0 spiro atoms. The first kappa shape index (κ1) is 15.5. The van der Waals surface area contributed by atoms with Crippen molar-refractivity contribution in [3.63, 3.8) is 0 Å². The van der Waals surface area contributed by atoms with E-state index in [1.807, 2.05) is 6.07 Å². The van der Waals surface area contributed by atoms with Crippen molar-refractivity contribution in [1.82, 2.24) is 25.2 Å². The average Bonchev–Trinajstić information content (AvgIpc) is 3.31. The van der Waals surface area contributed by atoms with Gasteiger partial charge in [0.15, 0.2) is 17.3 Å². The topological polar surface area (TPSA) is 98.2 Å². The molecule has 0 saturated carbocycles. The van der Waals surface area contributed by atoms with Gasteiger partial charge in [0.25, 0.3) is 5.91 Å². The third kappa shape index (κ3) is 3.15. The Balaban J connectivity index is 1.50. The molecule has 0 radical (unpaired) electrons.